The van der Waals surface area contributed by atoms with E-state index in [1.807, 2.05) is 18.2 Å². The molecule has 0 aliphatic carbocycles. The highest BCUT2D eigenvalue weighted by Crippen LogP contribution is 2.40. The van der Waals surface area contributed by atoms with E-state index in [-0.39, 0.29) is 0 Å². The number of aryl methyl sites for hydroxylation is 1. The van der Waals surface area contributed by atoms with E-state index in [9.17, 15) is 0 Å². The summed E-state index contributed by atoms with van der Waals surface area (Å²) >= 11 is 0. The fourth-order valence-electron chi connectivity index (χ4n) is 4.57. The lowest BCUT2D eigenvalue weighted by Gasteiger charge is -2.28. The quantitative estimate of drug-likeness (QED) is 0.339. The molecule has 1 aliphatic heterocycles. The average Bonchev–Trinajstić information content (AvgIpc) is 3.42. The number of fused-ring (bicyclic) bond motifs is 3. The van der Waals surface area contributed by atoms with E-state index in [0.717, 1.165) is 22.0 Å². The molecule has 3 nitrogen and oxygen atoms in total. The van der Waals surface area contributed by atoms with Crippen LogP contribution < -0.4 is 9.80 Å². The molecule has 2 heterocycles. The van der Waals surface area contributed by atoms with Crippen molar-refractivity contribution in [3.8, 4) is 0 Å². The summed E-state index contributed by atoms with van der Waals surface area (Å²) in [6.45, 7) is 7.48. The molecule has 3 heteroatoms. The van der Waals surface area contributed by atoms with Crippen LogP contribution in [0.3, 0.4) is 0 Å². The van der Waals surface area contributed by atoms with Crippen molar-refractivity contribution in [2.45, 2.75) is 46.4 Å². The van der Waals surface area contributed by atoms with Crippen molar-refractivity contribution in [3.05, 3.63) is 83.7 Å². The van der Waals surface area contributed by atoms with Crippen molar-refractivity contribution in [3.63, 3.8) is 0 Å². The maximum atomic E-state index is 7.73. The van der Waals surface area contributed by atoms with Crippen LogP contribution in [-0.4, -0.2) is 6.67 Å². The molecule has 31 heavy (non-hydrogen) atoms. The Labute approximate surface area is 188 Å². The van der Waals surface area contributed by atoms with Crippen LogP contribution in [0, 0.1) is 6.85 Å². The fourth-order valence-corrected chi connectivity index (χ4v) is 4.57. The van der Waals surface area contributed by atoms with Gasteiger partial charge in [0.1, 0.15) is 5.58 Å². The van der Waals surface area contributed by atoms with E-state index in [2.05, 4.69) is 74.2 Å². The van der Waals surface area contributed by atoms with Crippen LogP contribution in [0.4, 0.5) is 11.4 Å². The molecule has 0 amide bonds. The zero-order valence-corrected chi connectivity index (χ0v) is 18.5. The van der Waals surface area contributed by atoms with Gasteiger partial charge in [-0.1, -0.05) is 70.2 Å². The van der Waals surface area contributed by atoms with Crippen LogP contribution in [0.5, 0.6) is 0 Å². The third-order valence-electron chi connectivity index (χ3n) is 6.15. The Morgan fingerprint density at radius 3 is 2.26 bits per heavy atom. The molecule has 5 rings (SSSR count). The van der Waals surface area contributed by atoms with Gasteiger partial charge in [-0.05, 0) is 47.5 Å². The summed E-state index contributed by atoms with van der Waals surface area (Å²) < 4.78 is 29.4. The highest BCUT2D eigenvalue weighted by Gasteiger charge is 2.24. The van der Waals surface area contributed by atoms with Gasteiger partial charge in [0.25, 0.3) is 0 Å². The Balaban J connectivity index is 1.56. The van der Waals surface area contributed by atoms with Crippen molar-refractivity contribution < 1.29 is 8.53 Å². The number of para-hydroxylation sites is 2. The number of benzene rings is 3. The van der Waals surface area contributed by atoms with Gasteiger partial charge in [-0.15, -0.1) is 0 Å². The second-order valence-corrected chi connectivity index (χ2v) is 8.94. The van der Waals surface area contributed by atoms with Crippen molar-refractivity contribution in [2.24, 2.45) is 0 Å². The molecule has 0 spiro atoms. The minimum atomic E-state index is -2.16. The maximum absolute atomic E-state index is 7.73. The first-order chi connectivity index (χ1) is 16.1. The van der Waals surface area contributed by atoms with Gasteiger partial charge in [0, 0.05) is 33.0 Å². The van der Waals surface area contributed by atoms with E-state index in [1.165, 1.54) is 16.8 Å². The number of furan rings is 1. The predicted octanol–water partition coefficient (Wildman–Crippen LogP) is 7.90. The number of hydrogen-bond acceptors (Lipinski definition) is 3. The second-order valence-electron chi connectivity index (χ2n) is 8.94. The Morgan fingerprint density at radius 2 is 1.55 bits per heavy atom. The molecule has 3 aromatic carbocycles. The molecule has 0 radical (unpaired) electrons. The Bertz CT molecular complexity index is 1370. The normalized spacial score (nSPS) is 16.0. The van der Waals surface area contributed by atoms with Crippen LogP contribution >= 0.6 is 0 Å². The molecule has 0 N–H and O–H groups in total. The molecule has 0 saturated carbocycles. The first-order valence-corrected chi connectivity index (χ1v) is 11.0. The standard InChI is InChI=1S/C28H30N2O/c1-18(2)21-8-6-9-22(19(3)4)27(21)30-15-14-29(17-30)25-11-7-10-24-23-13-12-20(5)16-26(23)31-28(24)25/h6-16,18-19H,17H2,1-5H3/i5D3. The van der Waals surface area contributed by atoms with Gasteiger partial charge in [-0.25, -0.2) is 0 Å². The lowest BCUT2D eigenvalue weighted by atomic mass is 9.92. The summed E-state index contributed by atoms with van der Waals surface area (Å²) in [5.74, 6) is 0.838. The molecular formula is C28H30N2O. The fraction of sp³-hybridized carbons (Fsp3) is 0.286. The summed E-state index contributed by atoms with van der Waals surface area (Å²) in [7, 11) is 0. The lowest BCUT2D eigenvalue weighted by molar-refractivity contribution is 0.667. The van der Waals surface area contributed by atoms with Crippen LogP contribution in [0.2, 0.25) is 0 Å². The number of anilines is 2. The topological polar surface area (TPSA) is 19.6 Å². The minimum absolute atomic E-state index is 0.291. The van der Waals surface area contributed by atoms with Crippen LogP contribution in [0.15, 0.2) is 71.4 Å². The number of nitrogens with zero attached hydrogens (tertiary/aromatic N) is 2. The van der Waals surface area contributed by atoms with Gasteiger partial charge in [-0.3, -0.25) is 0 Å². The van der Waals surface area contributed by atoms with Crippen LogP contribution in [0.1, 0.15) is 60.3 Å². The molecule has 1 aliphatic rings. The van der Waals surface area contributed by atoms with Gasteiger partial charge >= 0.3 is 0 Å². The van der Waals surface area contributed by atoms with E-state index in [1.54, 1.807) is 12.1 Å². The molecule has 158 valence electrons. The minimum Gasteiger partial charge on any atom is -0.454 e. The highest BCUT2D eigenvalue weighted by molar-refractivity contribution is 6.09. The Morgan fingerprint density at radius 1 is 0.839 bits per heavy atom. The average molecular weight is 414 g/mol. The van der Waals surface area contributed by atoms with Crippen molar-refractivity contribution in [1.29, 1.82) is 0 Å². The molecule has 0 atom stereocenters. The van der Waals surface area contributed by atoms with Crippen LogP contribution in [0.25, 0.3) is 21.9 Å². The van der Waals surface area contributed by atoms with Crippen molar-refractivity contribution >= 4 is 33.3 Å². The Hall–Kier alpha value is -3.20. The molecule has 0 fully saturated rings. The van der Waals surface area contributed by atoms with E-state index in [0.29, 0.717) is 29.7 Å². The summed E-state index contributed by atoms with van der Waals surface area (Å²) in [6.07, 6.45) is 4.23. The first kappa shape index (κ1) is 16.5. The monoisotopic (exact) mass is 413 g/mol. The van der Waals surface area contributed by atoms with Gasteiger partial charge < -0.3 is 14.2 Å². The lowest BCUT2D eigenvalue weighted by Crippen LogP contribution is -2.26. The van der Waals surface area contributed by atoms with E-state index >= 15 is 0 Å². The maximum Gasteiger partial charge on any atom is 0.159 e. The SMILES string of the molecule is [2H]C([2H])([2H])c1ccc2c(c1)oc1c(N3C=CN(c4c(C(C)C)cccc4C(C)C)C3)cccc12. The van der Waals surface area contributed by atoms with Gasteiger partial charge in [-0.2, -0.15) is 0 Å². The predicted molar refractivity (Wildman–Crippen MR) is 132 cm³/mol. The van der Waals surface area contributed by atoms with E-state index in [4.69, 9.17) is 8.53 Å². The van der Waals surface area contributed by atoms with E-state index < -0.39 is 6.85 Å². The van der Waals surface area contributed by atoms with Gasteiger partial charge in [0.15, 0.2) is 5.58 Å². The number of hydrogen-bond donors (Lipinski definition) is 0. The second kappa shape index (κ2) is 7.49. The highest BCUT2D eigenvalue weighted by atomic mass is 16.3. The van der Waals surface area contributed by atoms with Crippen LogP contribution in [-0.2, 0) is 0 Å². The molecular weight excluding hydrogens is 380 g/mol. The smallest absolute Gasteiger partial charge is 0.159 e. The third-order valence-corrected chi connectivity index (χ3v) is 6.15. The molecule has 0 saturated heterocycles. The largest absolute Gasteiger partial charge is 0.454 e. The van der Waals surface area contributed by atoms with Crippen molar-refractivity contribution in [1.82, 2.24) is 0 Å². The Kier molecular flexibility index (Phi) is 3.98. The zero-order valence-electron chi connectivity index (χ0n) is 21.5. The molecule has 4 aromatic rings. The molecule has 0 bridgehead atoms. The zero-order chi connectivity index (χ0) is 24.2. The number of rotatable bonds is 4. The van der Waals surface area contributed by atoms with Crippen molar-refractivity contribution in [2.75, 3.05) is 16.5 Å². The summed E-state index contributed by atoms with van der Waals surface area (Å²) in [5, 5.41) is 1.92. The summed E-state index contributed by atoms with van der Waals surface area (Å²) in [6, 6.07) is 17.9. The summed E-state index contributed by atoms with van der Waals surface area (Å²) in [4.78, 5) is 4.51. The summed E-state index contributed by atoms with van der Waals surface area (Å²) in [5.41, 5.74) is 6.60. The first-order valence-electron chi connectivity index (χ1n) is 12.5. The molecule has 0 unspecified atom stereocenters. The van der Waals surface area contributed by atoms with Gasteiger partial charge in [0.05, 0.1) is 12.4 Å². The molecule has 1 aromatic heterocycles. The third kappa shape index (κ3) is 3.29. The van der Waals surface area contributed by atoms with Gasteiger partial charge in [0.2, 0.25) is 0 Å².